The van der Waals surface area contributed by atoms with Crippen LogP contribution in [-0.2, 0) is 9.84 Å². The predicted octanol–water partition coefficient (Wildman–Crippen LogP) is 4.29. The number of nitrogens with zero attached hydrogens (tertiary/aromatic N) is 4. The first-order valence-corrected chi connectivity index (χ1v) is 17.1. The third kappa shape index (κ3) is 5.83. The van der Waals surface area contributed by atoms with Crippen molar-refractivity contribution in [3.63, 3.8) is 0 Å². The van der Waals surface area contributed by atoms with E-state index >= 15 is 0 Å². The van der Waals surface area contributed by atoms with Gasteiger partial charge in [0, 0.05) is 24.6 Å². The SMILES string of the molecule is Cc1nc(NCC2CC2)nc(N[C@@H]2C[C@H](CS(=O)(=O)c3ccc(F)cc3)[C@@H](O)[C@H]2O)c1-c1nc2c(C3CC3)nccc2s1. The average Bonchev–Trinajstić information content (AvgIpc) is 3.91. The van der Waals surface area contributed by atoms with Crippen LogP contribution in [0.2, 0.25) is 0 Å². The Labute approximate surface area is 252 Å². The molecule has 3 aliphatic carbocycles. The van der Waals surface area contributed by atoms with Gasteiger partial charge < -0.3 is 20.8 Å². The van der Waals surface area contributed by atoms with E-state index in [2.05, 4.69) is 15.6 Å². The topological polar surface area (TPSA) is 150 Å². The maximum absolute atomic E-state index is 13.4. The van der Waals surface area contributed by atoms with E-state index in [4.69, 9.17) is 15.0 Å². The molecule has 0 saturated heterocycles. The molecule has 0 radical (unpaired) electrons. The van der Waals surface area contributed by atoms with Gasteiger partial charge >= 0.3 is 0 Å². The van der Waals surface area contributed by atoms with E-state index < -0.39 is 39.8 Å². The van der Waals surface area contributed by atoms with Crippen molar-refractivity contribution in [1.82, 2.24) is 19.9 Å². The lowest BCUT2D eigenvalue weighted by atomic mass is 10.1. The Bertz CT molecular complexity index is 1780. The van der Waals surface area contributed by atoms with Crippen LogP contribution in [0.1, 0.15) is 49.4 Å². The number of aromatic nitrogens is 4. The molecular weight excluding hydrogens is 592 g/mol. The first-order chi connectivity index (χ1) is 20.7. The van der Waals surface area contributed by atoms with Crippen LogP contribution in [-0.4, -0.2) is 69.1 Å². The van der Waals surface area contributed by atoms with Crippen LogP contribution < -0.4 is 10.6 Å². The van der Waals surface area contributed by atoms with Gasteiger partial charge in [0.25, 0.3) is 0 Å². The van der Waals surface area contributed by atoms with Crippen molar-refractivity contribution in [3.8, 4) is 10.6 Å². The van der Waals surface area contributed by atoms with Crippen LogP contribution >= 0.6 is 11.3 Å². The van der Waals surface area contributed by atoms with Crippen molar-refractivity contribution < 1.29 is 23.0 Å². The summed E-state index contributed by atoms with van der Waals surface area (Å²) in [5.74, 6) is 0.303. The van der Waals surface area contributed by atoms with Crippen molar-refractivity contribution in [3.05, 3.63) is 53.7 Å². The van der Waals surface area contributed by atoms with E-state index in [1.165, 1.54) is 36.3 Å². The number of halogens is 1. The van der Waals surface area contributed by atoms with E-state index in [9.17, 15) is 23.0 Å². The number of fused-ring (bicyclic) bond motifs is 1. The van der Waals surface area contributed by atoms with E-state index in [0.717, 1.165) is 52.4 Å². The molecule has 226 valence electrons. The zero-order valence-electron chi connectivity index (χ0n) is 23.6. The number of aliphatic hydroxyl groups is 2. The Morgan fingerprint density at radius 1 is 1.02 bits per heavy atom. The highest BCUT2D eigenvalue weighted by atomic mass is 32.2. The predicted molar refractivity (Wildman–Crippen MR) is 162 cm³/mol. The lowest BCUT2D eigenvalue weighted by Crippen LogP contribution is -2.36. The standard InChI is InChI=1S/C30H33FN6O4S2/c1-15-23(29-36-25-22(42-29)10-11-32-24(25)17-4-5-17)28(37-30(34-15)33-13-16-2-3-16)35-21-12-18(26(38)27(21)39)14-43(40,41)20-8-6-19(31)7-9-20/h6-11,16-18,21,26-27,38-39H,2-5,12-14H2,1H3,(H2,33,34,35,37)/t18-,21-,26-,27+/m1/s1. The maximum atomic E-state index is 13.4. The molecule has 43 heavy (non-hydrogen) atoms. The number of hydrogen-bond donors (Lipinski definition) is 4. The highest BCUT2D eigenvalue weighted by molar-refractivity contribution is 7.91. The Balaban J connectivity index is 1.19. The van der Waals surface area contributed by atoms with Crippen LogP contribution in [0.25, 0.3) is 20.8 Å². The number of aliphatic hydroxyl groups excluding tert-OH is 2. The molecule has 3 aromatic heterocycles. The Hall–Kier alpha value is -3.26. The molecule has 0 aliphatic heterocycles. The van der Waals surface area contributed by atoms with Crippen molar-refractivity contribution in [1.29, 1.82) is 0 Å². The van der Waals surface area contributed by atoms with Crippen molar-refractivity contribution in [2.45, 2.75) is 68.1 Å². The van der Waals surface area contributed by atoms with Crippen molar-refractivity contribution in [2.75, 3.05) is 22.9 Å². The van der Waals surface area contributed by atoms with Gasteiger partial charge in [-0.25, -0.2) is 22.8 Å². The summed E-state index contributed by atoms with van der Waals surface area (Å²) in [5.41, 5.74) is 3.30. The number of thiazole rings is 1. The van der Waals surface area contributed by atoms with E-state index in [-0.39, 0.29) is 17.1 Å². The summed E-state index contributed by atoms with van der Waals surface area (Å²) >= 11 is 1.53. The third-order valence-electron chi connectivity index (χ3n) is 8.58. The van der Waals surface area contributed by atoms with Crippen molar-refractivity contribution >= 4 is 43.2 Å². The molecule has 3 fully saturated rings. The number of benzene rings is 1. The second kappa shape index (κ2) is 11.0. The highest BCUT2D eigenvalue weighted by Gasteiger charge is 2.44. The van der Waals surface area contributed by atoms with Crippen LogP contribution in [0.5, 0.6) is 0 Å². The van der Waals surface area contributed by atoms with E-state index in [1.807, 2.05) is 19.2 Å². The number of anilines is 2. The minimum Gasteiger partial charge on any atom is -0.390 e. The monoisotopic (exact) mass is 624 g/mol. The highest BCUT2D eigenvalue weighted by Crippen LogP contribution is 2.45. The molecule has 4 atom stereocenters. The summed E-state index contributed by atoms with van der Waals surface area (Å²) in [6.45, 7) is 2.67. The molecule has 0 bridgehead atoms. The minimum absolute atomic E-state index is 0.0250. The third-order valence-corrected chi connectivity index (χ3v) is 11.5. The molecule has 10 nitrogen and oxygen atoms in total. The van der Waals surface area contributed by atoms with Crippen LogP contribution in [0.3, 0.4) is 0 Å². The fraction of sp³-hybridized carbons (Fsp3) is 0.467. The first-order valence-electron chi connectivity index (χ1n) is 14.7. The molecular formula is C30H33FN6O4S2. The lowest BCUT2D eigenvalue weighted by molar-refractivity contribution is 0.0216. The minimum atomic E-state index is -3.82. The molecule has 0 spiro atoms. The Kier molecular flexibility index (Phi) is 7.31. The molecule has 4 N–H and O–H groups in total. The average molecular weight is 625 g/mol. The van der Waals surface area contributed by atoms with Crippen molar-refractivity contribution in [2.24, 2.45) is 11.8 Å². The van der Waals surface area contributed by atoms with Crippen LogP contribution in [0, 0.1) is 24.6 Å². The molecule has 0 amide bonds. The number of sulfone groups is 1. The number of rotatable bonds is 10. The van der Waals surface area contributed by atoms with Gasteiger partial charge in [-0.15, -0.1) is 11.3 Å². The first kappa shape index (κ1) is 28.5. The van der Waals surface area contributed by atoms with Crippen LogP contribution in [0.4, 0.5) is 16.2 Å². The van der Waals surface area contributed by atoms with Gasteiger partial charge in [-0.05, 0) is 75.3 Å². The molecule has 4 aromatic rings. The molecule has 0 unspecified atom stereocenters. The van der Waals surface area contributed by atoms with E-state index in [0.29, 0.717) is 34.9 Å². The van der Waals surface area contributed by atoms with Gasteiger partial charge in [-0.3, -0.25) is 4.98 Å². The fourth-order valence-corrected chi connectivity index (χ4v) is 8.54. The summed E-state index contributed by atoms with van der Waals surface area (Å²) in [5, 5.41) is 29.4. The quantitative estimate of drug-likeness (QED) is 0.188. The van der Waals surface area contributed by atoms with Gasteiger partial charge in [0.05, 0.1) is 44.4 Å². The molecule has 13 heteroatoms. The molecule has 7 rings (SSSR count). The summed E-state index contributed by atoms with van der Waals surface area (Å²) in [6.07, 6.45) is 4.05. The number of nitrogens with one attached hydrogen (secondary N) is 2. The van der Waals surface area contributed by atoms with Crippen LogP contribution in [0.15, 0.2) is 41.4 Å². The fourth-order valence-electron chi connectivity index (χ4n) is 5.84. The zero-order valence-corrected chi connectivity index (χ0v) is 25.2. The Morgan fingerprint density at radius 2 is 1.79 bits per heavy atom. The smallest absolute Gasteiger partial charge is 0.224 e. The summed E-state index contributed by atoms with van der Waals surface area (Å²) in [4.78, 5) is 19.1. The summed E-state index contributed by atoms with van der Waals surface area (Å²) in [7, 11) is -3.82. The summed E-state index contributed by atoms with van der Waals surface area (Å²) < 4.78 is 40.5. The number of aryl methyl sites for hydroxylation is 1. The van der Waals surface area contributed by atoms with Gasteiger partial charge in [-0.2, -0.15) is 4.98 Å². The Morgan fingerprint density at radius 3 is 2.51 bits per heavy atom. The molecule has 3 heterocycles. The van der Waals surface area contributed by atoms with Gasteiger partial charge in [-0.1, -0.05) is 0 Å². The number of hydrogen-bond acceptors (Lipinski definition) is 11. The van der Waals surface area contributed by atoms with E-state index in [1.54, 1.807) is 0 Å². The lowest BCUT2D eigenvalue weighted by Gasteiger charge is -2.21. The van der Waals surface area contributed by atoms with Gasteiger partial charge in [0.15, 0.2) is 9.84 Å². The molecule has 3 aliphatic rings. The number of pyridine rings is 1. The second-order valence-corrected chi connectivity index (χ2v) is 15.0. The zero-order chi connectivity index (χ0) is 29.9. The second-order valence-electron chi connectivity index (χ2n) is 12.0. The van der Waals surface area contributed by atoms with Gasteiger partial charge in [0.2, 0.25) is 5.95 Å². The summed E-state index contributed by atoms with van der Waals surface area (Å²) in [6, 6.07) is 5.90. The normalized spacial score (nSPS) is 24.0. The molecule has 1 aromatic carbocycles. The molecule has 3 saturated carbocycles. The largest absolute Gasteiger partial charge is 0.390 e. The van der Waals surface area contributed by atoms with Gasteiger partial charge in [0.1, 0.15) is 28.3 Å². The maximum Gasteiger partial charge on any atom is 0.224 e.